The van der Waals surface area contributed by atoms with E-state index in [1.807, 2.05) is 19.2 Å². The second kappa shape index (κ2) is 7.92. The number of hydrogen-bond donors (Lipinski definition) is 2. The van der Waals surface area contributed by atoms with Gasteiger partial charge in [0.05, 0.1) is 19.3 Å². The van der Waals surface area contributed by atoms with E-state index in [1.165, 1.54) is 6.39 Å². The van der Waals surface area contributed by atoms with E-state index in [0.717, 1.165) is 49.8 Å². The van der Waals surface area contributed by atoms with E-state index in [2.05, 4.69) is 31.2 Å². The van der Waals surface area contributed by atoms with Crippen LogP contribution in [0.1, 0.15) is 30.2 Å². The molecule has 3 heterocycles. The molecule has 2 aromatic heterocycles. The summed E-state index contributed by atoms with van der Waals surface area (Å²) < 4.78 is 5.23. The van der Waals surface area contributed by atoms with Crippen molar-refractivity contribution in [1.29, 1.82) is 0 Å². The molecule has 0 amide bonds. The second-order valence-corrected chi connectivity index (χ2v) is 6.03. The summed E-state index contributed by atoms with van der Waals surface area (Å²) in [5, 5.41) is 3.32. The van der Waals surface area contributed by atoms with Crippen molar-refractivity contribution in [1.82, 2.24) is 20.2 Å². The third-order valence-corrected chi connectivity index (χ3v) is 4.39. The van der Waals surface area contributed by atoms with E-state index in [0.29, 0.717) is 18.3 Å². The monoisotopic (exact) mass is 328 g/mol. The largest absolute Gasteiger partial charge is 0.447 e. The van der Waals surface area contributed by atoms with Crippen LogP contribution in [0.2, 0.25) is 0 Å². The molecule has 0 spiro atoms. The van der Waals surface area contributed by atoms with E-state index in [1.54, 1.807) is 6.20 Å². The number of rotatable bonds is 5. The summed E-state index contributed by atoms with van der Waals surface area (Å²) >= 11 is 0. The summed E-state index contributed by atoms with van der Waals surface area (Å²) in [6.45, 7) is 3.49. The second-order valence-electron chi connectivity index (χ2n) is 6.03. The van der Waals surface area contributed by atoms with Crippen LogP contribution in [0.15, 0.2) is 40.2 Å². The molecule has 1 saturated heterocycles. The van der Waals surface area contributed by atoms with Crippen molar-refractivity contribution < 1.29 is 4.42 Å². The van der Waals surface area contributed by atoms with Crippen molar-refractivity contribution in [2.75, 3.05) is 32.4 Å². The quantitative estimate of drug-likeness (QED) is 0.640. The van der Waals surface area contributed by atoms with Gasteiger partial charge < -0.3 is 15.5 Å². The van der Waals surface area contributed by atoms with Crippen molar-refractivity contribution in [3.63, 3.8) is 0 Å². The molecule has 2 aromatic rings. The van der Waals surface area contributed by atoms with Gasteiger partial charge in [-0.05, 0) is 38.1 Å². The van der Waals surface area contributed by atoms with Gasteiger partial charge >= 0.3 is 0 Å². The van der Waals surface area contributed by atoms with Gasteiger partial charge in [0.15, 0.2) is 6.39 Å². The fraction of sp³-hybridized carbons (Fsp3) is 0.471. The van der Waals surface area contributed by atoms with E-state index >= 15 is 0 Å². The number of nitrogens with two attached hydrogens (primary N) is 1. The van der Waals surface area contributed by atoms with Gasteiger partial charge in [-0.1, -0.05) is 6.07 Å². The highest BCUT2D eigenvalue weighted by Gasteiger charge is 2.22. The zero-order valence-corrected chi connectivity index (χ0v) is 14.0. The molecule has 0 atom stereocenters. The Morgan fingerprint density at radius 3 is 2.92 bits per heavy atom. The highest BCUT2D eigenvalue weighted by molar-refractivity contribution is 5.83. The molecule has 3 rings (SSSR count). The van der Waals surface area contributed by atoms with Crippen molar-refractivity contribution in [3.05, 3.63) is 42.2 Å². The molecule has 0 saturated carbocycles. The number of likely N-dealkylation sites (tertiary alicyclic amines) is 1. The predicted molar refractivity (Wildman–Crippen MR) is 93.8 cm³/mol. The zero-order chi connectivity index (χ0) is 16.8. The Balaban J connectivity index is 1.47. The molecule has 0 unspecified atom stereocenters. The first kappa shape index (κ1) is 16.4. The summed E-state index contributed by atoms with van der Waals surface area (Å²) in [7, 11) is 1.81. The number of aliphatic imine (C=N–C) groups is 1. The van der Waals surface area contributed by atoms with Crippen LogP contribution < -0.4 is 11.1 Å². The lowest BCUT2D eigenvalue weighted by Gasteiger charge is -2.32. The first-order valence-electron chi connectivity index (χ1n) is 8.26. The highest BCUT2D eigenvalue weighted by atomic mass is 16.3. The number of nitrogens with zero attached hydrogens (tertiary/aromatic N) is 4. The van der Waals surface area contributed by atoms with Crippen LogP contribution in [0.3, 0.4) is 0 Å². The molecule has 128 valence electrons. The van der Waals surface area contributed by atoms with Crippen LogP contribution in [0.4, 0.5) is 5.82 Å². The predicted octanol–water partition coefficient (Wildman–Crippen LogP) is 1.65. The molecule has 24 heavy (non-hydrogen) atoms. The highest BCUT2D eigenvalue weighted by Crippen LogP contribution is 2.26. The standard InChI is InChI=1S/C17H24N6O/c1-19-17(21-10-14-9-20-12-24-14)11-23-7-5-13(6-8-23)15-3-2-4-16(18)22-15/h2-4,9,12-13H,5-8,10-11H2,1H3,(H2,18,22)(H,19,21). The third-order valence-electron chi connectivity index (χ3n) is 4.39. The van der Waals surface area contributed by atoms with Crippen LogP contribution in [0.5, 0.6) is 0 Å². The molecule has 0 aliphatic carbocycles. The lowest BCUT2D eigenvalue weighted by atomic mass is 9.93. The van der Waals surface area contributed by atoms with E-state index < -0.39 is 0 Å². The molecule has 7 nitrogen and oxygen atoms in total. The number of nitrogen functional groups attached to an aromatic ring is 1. The van der Waals surface area contributed by atoms with Gasteiger partial charge in [-0.2, -0.15) is 0 Å². The van der Waals surface area contributed by atoms with E-state index in [9.17, 15) is 0 Å². The Labute approximate surface area is 142 Å². The minimum atomic E-state index is 0.494. The number of oxazole rings is 1. The van der Waals surface area contributed by atoms with Gasteiger partial charge in [-0.3, -0.25) is 9.89 Å². The van der Waals surface area contributed by atoms with Crippen LogP contribution in [0, 0.1) is 0 Å². The topological polar surface area (TPSA) is 92.6 Å². The molecule has 1 aliphatic heterocycles. The Morgan fingerprint density at radius 2 is 2.25 bits per heavy atom. The van der Waals surface area contributed by atoms with Crippen molar-refractivity contribution in [2.45, 2.75) is 25.3 Å². The number of nitrogens with one attached hydrogen (secondary N) is 1. The van der Waals surface area contributed by atoms with Crippen molar-refractivity contribution >= 4 is 11.7 Å². The molecule has 0 radical (unpaired) electrons. The smallest absolute Gasteiger partial charge is 0.180 e. The van der Waals surface area contributed by atoms with E-state index in [-0.39, 0.29) is 0 Å². The average Bonchev–Trinajstić information content (AvgIpc) is 3.12. The average molecular weight is 328 g/mol. The number of aromatic nitrogens is 2. The molecule has 7 heteroatoms. The van der Waals surface area contributed by atoms with Crippen LogP contribution >= 0.6 is 0 Å². The van der Waals surface area contributed by atoms with Gasteiger partial charge in [0.1, 0.15) is 17.4 Å². The minimum absolute atomic E-state index is 0.494. The molecule has 1 fully saturated rings. The molecular weight excluding hydrogens is 304 g/mol. The van der Waals surface area contributed by atoms with Gasteiger partial charge in [0.2, 0.25) is 0 Å². The fourth-order valence-electron chi connectivity index (χ4n) is 3.02. The lowest BCUT2D eigenvalue weighted by molar-refractivity contribution is 0.235. The number of hydrogen-bond acceptors (Lipinski definition) is 6. The Bertz CT molecular complexity index is 661. The SMILES string of the molecule is C/N=C(/CN1CCC(c2cccc(N)n2)CC1)NCc1cnco1. The van der Waals surface area contributed by atoms with Crippen molar-refractivity contribution in [3.8, 4) is 0 Å². The normalized spacial score (nSPS) is 17.1. The first-order valence-corrected chi connectivity index (χ1v) is 8.26. The lowest BCUT2D eigenvalue weighted by Crippen LogP contribution is -2.41. The number of anilines is 1. The Hall–Kier alpha value is -2.41. The molecule has 0 bridgehead atoms. The fourth-order valence-corrected chi connectivity index (χ4v) is 3.02. The summed E-state index contributed by atoms with van der Waals surface area (Å²) in [5.74, 6) is 2.87. The number of amidine groups is 1. The Kier molecular flexibility index (Phi) is 5.43. The van der Waals surface area contributed by atoms with Gasteiger partial charge in [0.25, 0.3) is 0 Å². The molecule has 3 N–H and O–H groups in total. The van der Waals surface area contributed by atoms with Crippen molar-refractivity contribution in [2.24, 2.45) is 4.99 Å². The third kappa shape index (κ3) is 4.32. The van der Waals surface area contributed by atoms with Crippen LogP contribution in [0.25, 0.3) is 0 Å². The van der Waals surface area contributed by atoms with Gasteiger partial charge in [0, 0.05) is 18.7 Å². The van der Waals surface area contributed by atoms with E-state index in [4.69, 9.17) is 10.2 Å². The molecular formula is C17H24N6O. The zero-order valence-electron chi connectivity index (χ0n) is 14.0. The first-order chi connectivity index (χ1) is 11.7. The number of piperidine rings is 1. The molecule has 1 aliphatic rings. The van der Waals surface area contributed by atoms with Crippen LogP contribution in [-0.2, 0) is 6.54 Å². The maximum atomic E-state index is 5.79. The summed E-state index contributed by atoms with van der Waals surface area (Å²) in [4.78, 5) is 15.1. The molecule has 0 aromatic carbocycles. The summed E-state index contributed by atoms with van der Waals surface area (Å²) in [6, 6.07) is 5.90. The van der Waals surface area contributed by atoms with Gasteiger partial charge in [-0.25, -0.2) is 9.97 Å². The Morgan fingerprint density at radius 1 is 1.42 bits per heavy atom. The van der Waals surface area contributed by atoms with Crippen LogP contribution in [-0.4, -0.2) is 47.4 Å². The summed E-state index contributed by atoms with van der Waals surface area (Å²) in [5.41, 5.74) is 6.91. The minimum Gasteiger partial charge on any atom is -0.447 e. The summed E-state index contributed by atoms with van der Waals surface area (Å²) in [6.07, 6.45) is 5.34. The number of pyridine rings is 1. The van der Waals surface area contributed by atoms with Gasteiger partial charge in [-0.15, -0.1) is 0 Å². The maximum absolute atomic E-state index is 5.79. The maximum Gasteiger partial charge on any atom is 0.180 e.